The van der Waals surface area contributed by atoms with Crippen LogP contribution < -0.4 is 15.6 Å². The molecule has 0 radical (unpaired) electrons. The maximum absolute atomic E-state index is 13.0. The van der Waals surface area contributed by atoms with Crippen LogP contribution in [0.1, 0.15) is 23.0 Å². The van der Waals surface area contributed by atoms with Gasteiger partial charge < -0.3 is 10.1 Å². The van der Waals surface area contributed by atoms with Gasteiger partial charge in [0.25, 0.3) is 11.5 Å². The third kappa shape index (κ3) is 3.91. The van der Waals surface area contributed by atoms with Gasteiger partial charge in [-0.2, -0.15) is 9.78 Å². The highest BCUT2D eigenvalue weighted by atomic mass is 16.5. The van der Waals surface area contributed by atoms with Crippen LogP contribution in [0.3, 0.4) is 0 Å². The van der Waals surface area contributed by atoms with E-state index in [0.29, 0.717) is 28.9 Å². The molecule has 4 aromatic rings. The smallest absolute Gasteiger partial charge is 0.279 e. The number of benzene rings is 2. The lowest BCUT2D eigenvalue weighted by atomic mass is 10.1. The Bertz CT molecular complexity index is 1250. The average Bonchev–Trinajstić information content (AvgIpc) is 2.79. The van der Waals surface area contributed by atoms with Gasteiger partial charge in [0.15, 0.2) is 5.69 Å². The van der Waals surface area contributed by atoms with Crippen molar-refractivity contribution in [2.45, 2.75) is 13.5 Å². The third-order valence-corrected chi connectivity index (χ3v) is 4.57. The normalized spacial score (nSPS) is 10.7. The predicted octanol–water partition coefficient (Wildman–Crippen LogP) is 3.11. The number of nitrogens with one attached hydrogen (secondary N) is 1. The Morgan fingerprint density at radius 3 is 2.53 bits per heavy atom. The highest BCUT2D eigenvalue weighted by molar-refractivity contribution is 6.04. The lowest BCUT2D eigenvalue weighted by molar-refractivity contribution is 0.0946. The van der Waals surface area contributed by atoms with Crippen LogP contribution in [0.2, 0.25) is 0 Å². The minimum atomic E-state index is -0.370. The summed E-state index contributed by atoms with van der Waals surface area (Å²) in [5.41, 5.74) is 1.36. The molecule has 0 aliphatic carbocycles. The number of ether oxygens (including phenoxy) is 1. The lowest BCUT2D eigenvalue weighted by Gasteiger charge is -2.11. The van der Waals surface area contributed by atoms with Crippen LogP contribution in [0.5, 0.6) is 5.88 Å². The summed E-state index contributed by atoms with van der Waals surface area (Å²) in [4.78, 5) is 30.1. The molecule has 4 rings (SSSR count). The Kier molecular flexibility index (Phi) is 5.52. The van der Waals surface area contributed by atoms with E-state index in [-0.39, 0.29) is 23.7 Å². The van der Waals surface area contributed by atoms with Crippen molar-refractivity contribution >= 4 is 16.7 Å². The number of carbonyl (C=O) groups is 1. The maximum Gasteiger partial charge on any atom is 0.279 e. The Labute approximate surface area is 173 Å². The van der Waals surface area contributed by atoms with Crippen LogP contribution in [0, 0.1) is 0 Å². The van der Waals surface area contributed by atoms with E-state index in [1.807, 2.05) is 25.1 Å². The molecule has 7 nitrogen and oxygen atoms in total. The second kappa shape index (κ2) is 8.57. The second-order valence-electron chi connectivity index (χ2n) is 6.56. The molecule has 0 saturated carbocycles. The summed E-state index contributed by atoms with van der Waals surface area (Å²) < 4.78 is 6.66. The molecular formula is C23H20N4O3. The Morgan fingerprint density at radius 2 is 1.77 bits per heavy atom. The summed E-state index contributed by atoms with van der Waals surface area (Å²) in [5.74, 6) is 0.135. The van der Waals surface area contributed by atoms with Gasteiger partial charge in [-0.15, -0.1) is 0 Å². The molecule has 30 heavy (non-hydrogen) atoms. The van der Waals surface area contributed by atoms with Gasteiger partial charge >= 0.3 is 0 Å². The molecule has 1 amide bonds. The van der Waals surface area contributed by atoms with Gasteiger partial charge in [-0.25, -0.2) is 4.98 Å². The van der Waals surface area contributed by atoms with E-state index in [4.69, 9.17) is 4.74 Å². The van der Waals surface area contributed by atoms with E-state index in [0.717, 1.165) is 5.56 Å². The number of hydrogen-bond acceptors (Lipinski definition) is 5. The highest BCUT2D eigenvalue weighted by Gasteiger charge is 2.17. The quantitative estimate of drug-likeness (QED) is 0.537. The molecule has 0 saturated heterocycles. The number of rotatable bonds is 6. The first-order valence-corrected chi connectivity index (χ1v) is 9.61. The largest absolute Gasteiger partial charge is 0.478 e. The van der Waals surface area contributed by atoms with Crippen molar-refractivity contribution in [1.29, 1.82) is 0 Å². The Hall–Kier alpha value is -4.00. The van der Waals surface area contributed by atoms with E-state index in [1.54, 1.807) is 54.7 Å². The topological polar surface area (TPSA) is 86.1 Å². The fourth-order valence-corrected chi connectivity index (χ4v) is 3.15. The molecule has 0 bridgehead atoms. The van der Waals surface area contributed by atoms with Crippen LogP contribution in [-0.4, -0.2) is 27.3 Å². The van der Waals surface area contributed by atoms with Crippen molar-refractivity contribution in [3.8, 4) is 11.6 Å². The summed E-state index contributed by atoms with van der Waals surface area (Å²) in [6.07, 6.45) is 1.63. The molecule has 0 atom stereocenters. The summed E-state index contributed by atoms with van der Waals surface area (Å²) in [7, 11) is 0. The summed E-state index contributed by atoms with van der Waals surface area (Å²) in [6.45, 7) is 2.68. The van der Waals surface area contributed by atoms with Gasteiger partial charge in [-0.1, -0.05) is 36.4 Å². The number of para-hydroxylation sites is 1. The zero-order valence-electron chi connectivity index (χ0n) is 16.4. The van der Waals surface area contributed by atoms with E-state index >= 15 is 0 Å². The van der Waals surface area contributed by atoms with Crippen molar-refractivity contribution in [2.75, 3.05) is 6.61 Å². The minimum Gasteiger partial charge on any atom is -0.478 e. The SMILES string of the molecule is CCOc1cc(CNC(=O)c2nn(-c3ccccc3)c(=O)c3ccccc23)ccn1. The Balaban J connectivity index is 1.69. The zero-order valence-corrected chi connectivity index (χ0v) is 16.4. The summed E-state index contributed by atoms with van der Waals surface area (Å²) in [5, 5.41) is 8.21. The highest BCUT2D eigenvalue weighted by Crippen LogP contribution is 2.16. The molecule has 7 heteroatoms. The first kappa shape index (κ1) is 19.3. The third-order valence-electron chi connectivity index (χ3n) is 4.57. The first-order chi connectivity index (χ1) is 14.7. The van der Waals surface area contributed by atoms with Gasteiger partial charge in [0.1, 0.15) is 0 Å². The monoisotopic (exact) mass is 400 g/mol. The summed E-state index contributed by atoms with van der Waals surface area (Å²) >= 11 is 0. The molecule has 2 aromatic heterocycles. The van der Waals surface area contributed by atoms with Crippen LogP contribution in [-0.2, 0) is 6.54 Å². The van der Waals surface area contributed by atoms with Gasteiger partial charge in [0.05, 0.1) is 17.7 Å². The molecule has 0 fully saturated rings. The van der Waals surface area contributed by atoms with Crippen molar-refractivity contribution in [2.24, 2.45) is 0 Å². The molecule has 0 spiro atoms. The van der Waals surface area contributed by atoms with Crippen LogP contribution >= 0.6 is 0 Å². The molecule has 0 aliphatic rings. The lowest BCUT2D eigenvalue weighted by Crippen LogP contribution is -2.29. The van der Waals surface area contributed by atoms with E-state index in [9.17, 15) is 9.59 Å². The van der Waals surface area contributed by atoms with Gasteiger partial charge in [0.2, 0.25) is 5.88 Å². The number of hydrogen-bond donors (Lipinski definition) is 1. The number of aromatic nitrogens is 3. The van der Waals surface area contributed by atoms with Crippen LogP contribution in [0.25, 0.3) is 16.5 Å². The van der Waals surface area contributed by atoms with Gasteiger partial charge in [0, 0.05) is 24.2 Å². The van der Waals surface area contributed by atoms with Crippen molar-refractivity contribution in [3.63, 3.8) is 0 Å². The maximum atomic E-state index is 13.0. The van der Waals surface area contributed by atoms with Gasteiger partial charge in [-0.05, 0) is 36.8 Å². The number of fused-ring (bicyclic) bond motifs is 1. The molecule has 0 aliphatic heterocycles. The van der Waals surface area contributed by atoms with Crippen molar-refractivity contribution in [3.05, 3.63) is 94.5 Å². The van der Waals surface area contributed by atoms with E-state index in [1.165, 1.54) is 4.68 Å². The molecule has 2 heterocycles. The predicted molar refractivity (Wildman–Crippen MR) is 114 cm³/mol. The molecule has 0 unspecified atom stereocenters. The first-order valence-electron chi connectivity index (χ1n) is 9.61. The number of pyridine rings is 1. The average molecular weight is 400 g/mol. The Morgan fingerprint density at radius 1 is 1.03 bits per heavy atom. The van der Waals surface area contributed by atoms with Crippen molar-refractivity contribution in [1.82, 2.24) is 20.1 Å². The molecule has 2 aromatic carbocycles. The fourth-order valence-electron chi connectivity index (χ4n) is 3.15. The fraction of sp³-hybridized carbons (Fsp3) is 0.130. The molecular weight excluding hydrogens is 380 g/mol. The van der Waals surface area contributed by atoms with Gasteiger partial charge in [-0.3, -0.25) is 9.59 Å². The number of nitrogens with zero attached hydrogens (tertiary/aromatic N) is 3. The van der Waals surface area contributed by atoms with Crippen LogP contribution in [0.4, 0.5) is 0 Å². The second-order valence-corrected chi connectivity index (χ2v) is 6.56. The van der Waals surface area contributed by atoms with E-state index < -0.39 is 0 Å². The molecule has 150 valence electrons. The van der Waals surface area contributed by atoms with Crippen LogP contribution in [0.15, 0.2) is 77.7 Å². The molecule has 1 N–H and O–H groups in total. The van der Waals surface area contributed by atoms with E-state index in [2.05, 4.69) is 15.4 Å². The number of carbonyl (C=O) groups excluding carboxylic acids is 1. The minimum absolute atomic E-state index is 0.188. The zero-order chi connectivity index (χ0) is 20.9. The summed E-state index contributed by atoms with van der Waals surface area (Å²) in [6, 6.07) is 19.6. The standard InChI is InChI=1S/C23H20N4O3/c1-2-30-20-14-16(12-13-24-20)15-25-22(28)21-18-10-6-7-11-19(18)23(29)27(26-21)17-8-4-3-5-9-17/h3-14H,2,15H2,1H3,(H,25,28). The van der Waals surface area contributed by atoms with Crippen molar-refractivity contribution < 1.29 is 9.53 Å². The number of amides is 1.